The van der Waals surface area contributed by atoms with Gasteiger partial charge in [-0.3, -0.25) is 0 Å². The molecule has 0 bridgehead atoms. The van der Waals surface area contributed by atoms with Crippen molar-refractivity contribution in [3.63, 3.8) is 0 Å². The van der Waals surface area contributed by atoms with E-state index in [1.54, 1.807) is 0 Å². The molecule has 0 N–H and O–H groups in total. The zero-order valence-corrected chi connectivity index (χ0v) is 9.78. The summed E-state index contributed by atoms with van der Waals surface area (Å²) in [7, 11) is 0. The third kappa shape index (κ3) is 2.98. The quantitative estimate of drug-likeness (QED) is 0.688. The van der Waals surface area contributed by atoms with Crippen molar-refractivity contribution in [1.82, 2.24) is 4.90 Å². The molecule has 1 saturated heterocycles. The first kappa shape index (κ1) is 7.98. The molecule has 0 atom stereocenters. The maximum absolute atomic E-state index is 2.61. The van der Waals surface area contributed by atoms with E-state index < -0.39 is 0 Å². The molecule has 9 heavy (non-hydrogen) atoms. The van der Waals surface area contributed by atoms with Gasteiger partial charge in [-0.25, -0.2) is 0 Å². The van der Waals surface area contributed by atoms with Crippen molar-refractivity contribution in [3.05, 3.63) is 0 Å². The van der Waals surface area contributed by atoms with Gasteiger partial charge in [-0.1, -0.05) is 0 Å². The Morgan fingerprint density at radius 1 is 1.11 bits per heavy atom. The average molecular weight is 319 g/mol. The van der Waals surface area contributed by atoms with Crippen LogP contribution >= 0.6 is 0 Å². The summed E-state index contributed by atoms with van der Waals surface area (Å²) in [6.45, 7) is 4.14. The molecule has 1 aliphatic heterocycles. The Balaban J connectivity index is 2.08. The molecule has 0 saturated carbocycles. The van der Waals surface area contributed by atoms with Crippen LogP contribution in [0.2, 0.25) is 3.98 Å². The first-order valence-corrected chi connectivity index (χ1v) is 6.55. The molecule has 1 rings (SSSR count). The molecule has 51 valence electrons. The topological polar surface area (TPSA) is 3.24 Å². The Kier molecular flexibility index (Phi) is 4.13. The standard InChI is InChI=1S/C7H14N.Pb/c1-2-8-6-4-3-5-7-8;/h1-7H2;. The molecule has 0 aliphatic carbocycles. The Labute approximate surface area is 73.5 Å². The number of hydrogen-bond donors (Lipinski definition) is 0. The molecule has 1 fully saturated rings. The van der Waals surface area contributed by atoms with Gasteiger partial charge in [0.1, 0.15) is 0 Å². The molecule has 2 heteroatoms. The second-order valence-corrected chi connectivity index (χ2v) is 4.60. The summed E-state index contributed by atoms with van der Waals surface area (Å²) >= 11 is 1.38. The Morgan fingerprint density at radius 3 is 2.33 bits per heavy atom. The molecule has 0 unspecified atom stereocenters. The number of likely N-dealkylation sites (tertiary alicyclic amines) is 1. The van der Waals surface area contributed by atoms with E-state index in [4.69, 9.17) is 0 Å². The van der Waals surface area contributed by atoms with E-state index in [2.05, 4.69) is 4.90 Å². The normalized spacial score (nSPS) is 22.3. The van der Waals surface area contributed by atoms with Crippen LogP contribution in [0.15, 0.2) is 0 Å². The van der Waals surface area contributed by atoms with Crippen LogP contribution in [0.5, 0.6) is 0 Å². The first-order chi connectivity index (χ1) is 4.43. The van der Waals surface area contributed by atoms with Crippen molar-refractivity contribution >= 4 is 25.8 Å². The van der Waals surface area contributed by atoms with Crippen molar-refractivity contribution < 1.29 is 0 Å². The van der Waals surface area contributed by atoms with Crippen LogP contribution in [0, 0.1) is 0 Å². The van der Waals surface area contributed by atoms with Gasteiger partial charge in [0.2, 0.25) is 0 Å². The van der Waals surface area contributed by atoms with Gasteiger partial charge in [-0.05, 0) is 0 Å². The van der Waals surface area contributed by atoms with Crippen molar-refractivity contribution in [3.8, 4) is 0 Å². The van der Waals surface area contributed by atoms with Gasteiger partial charge in [0, 0.05) is 0 Å². The summed E-state index contributed by atoms with van der Waals surface area (Å²) in [5.74, 6) is 0. The van der Waals surface area contributed by atoms with Gasteiger partial charge in [0.25, 0.3) is 0 Å². The number of nitrogens with zero attached hydrogens (tertiary/aromatic N) is 1. The molecule has 0 aromatic heterocycles. The van der Waals surface area contributed by atoms with Gasteiger partial charge in [0.05, 0.1) is 0 Å². The van der Waals surface area contributed by atoms with Crippen LogP contribution in [0.4, 0.5) is 0 Å². The molecule has 3 radical (unpaired) electrons. The van der Waals surface area contributed by atoms with Gasteiger partial charge in [-0.2, -0.15) is 0 Å². The second-order valence-electron chi connectivity index (χ2n) is 2.65. The molecule has 0 aromatic rings. The van der Waals surface area contributed by atoms with Crippen LogP contribution in [0.1, 0.15) is 19.3 Å². The van der Waals surface area contributed by atoms with E-state index >= 15 is 0 Å². The molecule has 1 heterocycles. The maximum atomic E-state index is 2.61. The van der Waals surface area contributed by atoms with Crippen LogP contribution < -0.4 is 0 Å². The van der Waals surface area contributed by atoms with Crippen LogP contribution in [0.25, 0.3) is 0 Å². The summed E-state index contributed by atoms with van der Waals surface area (Å²) < 4.78 is 1.46. The molecule has 0 amide bonds. The molecular formula is C7H14NPb. The van der Waals surface area contributed by atoms with Gasteiger partial charge in [-0.15, -0.1) is 0 Å². The molecule has 0 aromatic carbocycles. The molecule has 1 aliphatic rings. The van der Waals surface area contributed by atoms with E-state index in [1.807, 2.05) is 0 Å². The van der Waals surface area contributed by atoms with Crippen molar-refractivity contribution in [1.29, 1.82) is 0 Å². The zero-order chi connectivity index (χ0) is 6.53. The number of hydrogen-bond acceptors (Lipinski definition) is 1. The fraction of sp³-hybridized carbons (Fsp3) is 1.00. The Morgan fingerprint density at radius 2 is 1.78 bits per heavy atom. The van der Waals surface area contributed by atoms with E-state index in [1.165, 1.54) is 68.6 Å². The zero-order valence-electron chi connectivity index (χ0n) is 5.90. The van der Waals surface area contributed by atoms with Gasteiger partial charge < -0.3 is 0 Å². The summed E-state index contributed by atoms with van der Waals surface area (Å²) in [4.78, 5) is 2.61. The number of piperidine rings is 1. The minimum absolute atomic E-state index is 1.38. The van der Waals surface area contributed by atoms with E-state index in [0.717, 1.165) is 0 Å². The summed E-state index contributed by atoms with van der Waals surface area (Å²) in [6, 6.07) is 0. The number of rotatable bonds is 2. The predicted molar refractivity (Wildman–Crippen MR) is 40.9 cm³/mol. The predicted octanol–water partition coefficient (Wildman–Crippen LogP) is 1.06. The van der Waals surface area contributed by atoms with Crippen molar-refractivity contribution in [2.24, 2.45) is 0 Å². The van der Waals surface area contributed by atoms with Crippen molar-refractivity contribution in [2.75, 3.05) is 19.6 Å². The summed E-state index contributed by atoms with van der Waals surface area (Å²) in [5.41, 5.74) is 0. The SMILES string of the molecule is [Pb][CH2]CN1CCCCC1. The minimum atomic E-state index is 1.38. The third-order valence-corrected chi connectivity index (χ3v) is 2.75. The second kappa shape index (κ2) is 4.66. The van der Waals surface area contributed by atoms with Crippen LogP contribution in [-0.4, -0.2) is 50.3 Å². The summed E-state index contributed by atoms with van der Waals surface area (Å²) in [6.07, 6.45) is 4.36. The van der Waals surface area contributed by atoms with E-state index in [-0.39, 0.29) is 0 Å². The Bertz CT molecular complexity index is 66.6. The fourth-order valence-corrected chi connectivity index (χ4v) is 2.57. The molecule has 0 spiro atoms. The monoisotopic (exact) mass is 320 g/mol. The van der Waals surface area contributed by atoms with E-state index in [9.17, 15) is 0 Å². The van der Waals surface area contributed by atoms with Crippen LogP contribution in [0.3, 0.4) is 0 Å². The first-order valence-electron chi connectivity index (χ1n) is 3.80. The molecular weight excluding hydrogens is 305 g/mol. The molecule has 1 nitrogen and oxygen atoms in total. The fourth-order valence-electron chi connectivity index (χ4n) is 1.34. The Hall–Kier alpha value is 0.882. The van der Waals surface area contributed by atoms with Crippen LogP contribution in [-0.2, 0) is 0 Å². The van der Waals surface area contributed by atoms with Gasteiger partial charge in [0.15, 0.2) is 0 Å². The average Bonchev–Trinajstić information content (AvgIpc) is 1.91. The summed E-state index contributed by atoms with van der Waals surface area (Å²) in [5, 5.41) is 0. The van der Waals surface area contributed by atoms with Crippen molar-refractivity contribution in [2.45, 2.75) is 23.2 Å². The third-order valence-electron chi connectivity index (χ3n) is 1.88. The van der Waals surface area contributed by atoms with Gasteiger partial charge >= 0.3 is 73.5 Å². The van der Waals surface area contributed by atoms with E-state index in [0.29, 0.717) is 0 Å².